The van der Waals surface area contributed by atoms with Crippen LogP contribution in [0.4, 0.5) is 0 Å². The average molecular weight is 171 g/mol. The molecule has 1 heterocycles. The molecule has 0 spiro atoms. The molecule has 1 aliphatic heterocycles. The van der Waals surface area contributed by atoms with Crippen LogP contribution in [0.25, 0.3) is 0 Å². The molecule has 2 heteroatoms. The number of rotatable bonds is 3. The van der Waals surface area contributed by atoms with E-state index in [0.717, 1.165) is 12.5 Å². The van der Waals surface area contributed by atoms with E-state index >= 15 is 0 Å². The third-order valence-corrected chi connectivity index (χ3v) is 2.67. The summed E-state index contributed by atoms with van der Waals surface area (Å²) in [4.78, 5) is 0. The summed E-state index contributed by atoms with van der Waals surface area (Å²) in [6.07, 6.45) is 5.35. The molecule has 3 atom stereocenters. The van der Waals surface area contributed by atoms with Crippen molar-refractivity contribution >= 4 is 0 Å². The molecule has 0 radical (unpaired) electrons. The highest BCUT2D eigenvalue weighted by atomic mass is 16.6. The molecule has 2 aliphatic rings. The maximum absolute atomic E-state index is 5.43. The van der Waals surface area contributed by atoms with Crippen LogP contribution in [0.1, 0.15) is 33.1 Å². The lowest BCUT2D eigenvalue weighted by atomic mass is 10.0. The molecular formula is C10H21NO. The summed E-state index contributed by atoms with van der Waals surface area (Å²) in [7, 11) is 2.01. The number of hydrogen-bond acceptors (Lipinski definition) is 2. The van der Waals surface area contributed by atoms with Gasteiger partial charge < -0.3 is 10.1 Å². The zero-order valence-electron chi connectivity index (χ0n) is 8.47. The molecule has 1 aliphatic carbocycles. The summed E-state index contributed by atoms with van der Waals surface area (Å²) >= 11 is 0. The van der Waals surface area contributed by atoms with Crippen molar-refractivity contribution in [3.8, 4) is 0 Å². The van der Waals surface area contributed by atoms with Gasteiger partial charge in [-0.25, -0.2) is 0 Å². The molecule has 1 N–H and O–H groups in total. The van der Waals surface area contributed by atoms with Gasteiger partial charge in [-0.2, -0.15) is 0 Å². The minimum atomic E-state index is 0.661. The first-order chi connectivity index (χ1) is 5.92. The van der Waals surface area contributed by atoms with Gasteiger partial charge in [-0.3, -0.25) is 0 Å². The Kier molecular flexibility index (Phi) is 4.02. The monoisotopic (exact) mass is 171 g/mol. The van der Waals surface area contributed by atoms with E-state index < -0.39 is 0 Å². The van der Waals surface area contributed by atoms with Gasteiger partial charge in [0.15, 0.2) is 0 Å². The zero-order chi connectivity index (χ0) is 8.97. The Labute approximate surface area is 75.7 Å². The van der Waals surface area contributed by atoms with Crippen molar-refractivity contribution in [3.63, 3.8) is 0 Å². The van der Waals surface area contributed by atoms with Crippen molar-refractivity contribution in [2.24, 2.45) is 5.92 Å². The van der Waals surface area contributed by atoms with Gasteiger partial charge >= 0.3 is 0 Å². The topological polar surface area (TPSA) is 24.6 Å². The first kappa shape index (κ1) is 10.0. The molecule has 0 aromatic rings. The molecule has 2 fully saturated rings. The van der Waals surface area contributed by atoms with Gasteiger partial charge in [0, 0.05) is 0 Å². The van der Waals surface area contributed by atoms with Crippen LogP contribution >= 0.6 is 0 Å². The van der Waals surface area contributed by atoms with Crippen molar-refractivity contribution in [2.75, 3.05) is 13.6 Å². The standard InChI is InChI=1S/C8H15NO.C2H6/c1-9-5-4-6-2-3-7-8(6)10-7;1-2/h6-9H,2-5H2,1H3;1-2H3/t6-,7?,8?;/m0./s1. The van der Waals surface area contributed by atoms with Crippen LogP contribution in [0.2, 0.25) is 0 Å². The predicted octanol–water partition coefficient (Wildman–Crippen LogP) is 1.80. The Bertz CT molecular complexity index is 127. The van der Waals surface area contributed by atoms with Crippen molar-refractivity contribution in [1.29, 1.82) is 0 Å². The fourth-order valence-electron chi connectivity index (χ4n) is 1.98. The molecular weight excluding hydrogens is 150 g/mol. The van der Waals surface area contributed by atoms with Gasteiger partial charge in [0.2, 0.25) is 0 Å². The Hall–Kier alpha value is -0.0800. The minimum absolute atomic E-state index is 0.661. The van der Waals surface area contributed by atoms with Crippen LogP contribution in [0, 0.1) is 5.92 Å². The molecule has 72 valence electrons. The van der Waals surface area contributed by atoms with E-state index in [1.54, 1.807) is 0 Å². The first-order valence-electron chi connectivity index (χ1n) is 5.22. The number of ether oxygens (including phenoxy) is 1. The van der Waals surface area contributed by atoms with Crippen LogP contribution in [0.3, 0.4) is 0 Å². The minimum Gasteiger partial charge on any atom is -0.369 e. The number of fused-ring (bicyclic) bond motifs is 1. The molecule has 0 aromatic carbocycles. The van der Waals surface area contributed by atoms with Gasteiger partial charge in [0.05, 0.1) is 12.2 Å². The number of hydrogen-bond donors (Lipinski definition) is 1. The Morgan fingerprint density at radius 1 is 1.33 bits per heavy atom. The molecule has 0 bridgehead atoms. The molecule has 2 unspecified atom stereocenters. The fraction of sp³-hybridized carbons (Fsp3) is 1.00. The number of epoxide rings is 1. The highest BCUT2D eigenvalue weighted by molar-refractivity contribution is 4.97. The fourth-order valence-corrected chi connectivity index (χ4v) is 1.98. The third kappa shape index (κ3) is 2.20. The van der Waals surface area contributed by atoms with Crippen LogP contribution < -0.4 is 5.32 Å². The summed E-state index contributed by atoms with van der Waals surface area (Å²) in [5.74, 6) is 0.873. The van der Waals surface area contributed by atoms with Crippen molar-refractivity contribution in [3.05, 3.63) is 0 Å². The molecule has 2 nitrogen and oxygen atoms in total. The van der Waals surface area contributed by atoms with Crippen molar-refractivity contribution in [1.82, 2.24) is 5.32 Å². The van der Waals surface area contributed by atoms with Gasteiger partial charge in [0.25, 0.3) is 0 Å². The SMILES string of the molecule is CC.CNCC[C@@H]1CCC2OC21. The molecule has 1 saturated carbocycles. The second-order valence-corrected chi connectivity index (χ2v) is 3.37. The number of nitrogens with one attached hydrogen (secondary N) is 1. The zero-order valence-corrected chi connectivity index (χ0v) is 8.47. The van der Waals surface area contributed by atoms with E-state index in [-0.39, 0.29) is 0 Å². The van der Waals surface area contributed by atoms with Crippen LogP contribution in [-0.4, -0.2) is 25.8 Å². The molecule has 0 aromatic heterocycles. The molecule has 12 heavy (non-hydrogen) atoms. The summed E-state index contributed by atoms with van der Waals surface area (Å²) in [5.41, 5.74) is 0. The molecule has 2 rings (SSSR count). The maximum atomic E-state index is 5.43. The smallest absolute Gasteiger partial charge is 0.0870 e. The predicted molar refractivity (Wildman–Crippen MR) is 51.3 cm³/mol. The van der Waals surface area contributed by atoms with Gasteiger partial charge in [-0.15, -0.1) is 0 Å². The van der Waals surface area contributed by atoms with E-state index in [4.69, 9.17) is 4.74 Å². The maximum Gasteiger partial charge on any atom is 0.0870 e. The normalized spacial score (nSPS) is 36.8. The summed E-state index contributed by atoms with van der Waals surface area (Å²) in [6, 6.07) is 0. The lowest BCUT2D eigenvalue weighted by Gasteiger charge is -2.08. The van der Waals surface area contributed by atoms with E-state index in [9.17, 15) is 0 Å². The Morgan fingerprint density at radius 2 is 2.08 bits per heavy atom. The summed E-state index contributed by atoms with van der Waals surface area (Å²) in [6.45, 7) is 5.15. The van der Waals surface area contributed by atoms with E-state index in [1.165, 1.54) is 19.3 Å². The van der Waals surface area contributed by atoms with Gasteiger partial charge in [-0.05, 0) is 38.8 Å². The van der Waals surface area contributed by atoms with Crippen LogP contribution in [0.15, 0.2) is 0 Å². The Balaban J connectivity index is 0.000000336. The van der Waals surface area contributed by atoms with E-state index in [1.807, 2.05) is 20.9 Å². The summed E-state index contributed by atoms with van der Waals surface area (Å²) in [5, 5.41) is 3.18. The second kappa shape index (κ2) is 4.83. The molecule has 1 saturated heterocycles. The second-order valence-electron chi connectivity index (χ2n) is 3.37. The van der Waals surface area contributed by atoms with Crippen LogP contribution in [0.5, 0.6) is 0 Å². The van der Waals surface area contributed by atoms with Crippen LogP contribution in [-0.2, 0) is 4.74 Å². The van der Waals surface area contributed by atoms with Gasteiger partial charge in [0.1, 0.15) is 0 Å². The van der Waals surface area contributed by atoms with Gasteiger partial charge in [-0.1, -0.05) is 13.8 Å². The Morgan fingerprint density at radius 3 is 2.50 bits per heavy atom. The van der Waals surface area contributed by atoms with Crippen molar-refractivity contribution in [2.45, 2.75) is 45.3 Å². The third-order valence-electron chi connectivity index (χ3n) is 2.67. The van der Waals surface area contributed by atoms with Crippen molar-refractivity contribution < 1.29 is 4.74 Å². The summed E-state index contributed by atoms with van der Waals surface area (Å²) < 4.78 is 5.43. The first-order valence-corrected chi connectivity index (χ1v) is 5.22. The molecule has 0 amide bonds. The highest BCUT2D eigenvalue weighted by Gasteiger charge is 2.49. The highest BCUT2D eigenvalue weighted by Crippen LogP contribution is 2.44. The van der Waals surface area contributed by atoms with E-state index in [2.05, 4.69) is 5.32 Å². The quantitative estimate of drug-likeness (QED) is 0.655. The lowest BCUT2D eigenvalue weighted by Crippen LogP contribution is -2.14. The largest absolute Gasteiger partial charge is 0.369 e. The van der Waals surface area contributed by atoms with E-state index in [0.29, 0.717) is 12.2 Å². The average Bonchev–Trinajstić information content (AvgIpc) is 2.81. The lowest BCUT2D eigenvalue weighted by molar-refractivity contribution is 0.257.